The first-order chi connectivity index (χ1) is 13.2. The molecule has 5 heteroatoms. The number of hydrogen-bond acceptors (Lipinski definition) is 4. The van der Waals surface area contributed by atoms with E-state index < -0.39 is 0 Å². The summed E-state index contributed by atoms with van der Waals surface area (Å²) in [5, 5.41) is 1.28. The number of aromatic nitrogens is 3. The van der Waals surface area contributed by atoms with Crippen LogP contribution >= 0.6 is 11.8 Å². The van der Waals surface area contributed by atoms with Gasteiger partial charge >= 0.3 is 0 Å². The Morgan fingerprint density at radius 3 is 2.56 bits per heavy atom. The van der Waals surface area contributed by atoms with Crippen molar-refractivity contribution in [3.8, 4) is 5.82 Å². The van der Waals surface area contributed by atoms with Crippen molar-refractivity contribution >= 4 is 22.7 Å². The van der Waals surface area contributed by atoms with Crippen LogP contribution in [0.3, 0.4) is 0 Å². The van der Waals surface area contributed by atoms with E-state index in [1.807, 2.05) is 61.5 Å². The third-order valence-electron chi connectivity index (χ3n) is 4.40. The Kier molecular flexibility index (Phi) is 5.03. The molecule has 2 aromatic carbocycles. The first-order valence-electron chi connectivity index (χ1n) is 8.84. The van der Waals surface area contributed by atoms with Crippen molar-refractivity contribution in [2.45, 2.75) is 18.5 Å². The average molecular weight is 373 g/mol. The quantitative estimate of drug-likeness (QED) is 0.384. The maximum Gasteiger partial charge on any atom is 0.267 e. The minimum absolute atomic E-state index is 0.0791. The summed E-state index contributed by atoms with van der Waals surface area (Å²) in [6, 6.07) is 21.6. The van der Waals surface area contributed by atoms with Crippen LogP contribution in [-0.2, 0) is 6.42 Å². The van der Waals surface area contributed by atoms with E-state index in [0.29, 0.717) is 16.4 Å². The van der Waals surface area contributed by atoms with Crippen molar-refractivity contribution in [3.05, 3.63) is 94.4 Å². The Morgan fingerprint density at radius 2 is 1.74 bits per heavy atom. The lowest BCUT2D eigenvalue weighted by Gasteiger charge is -2.14. The van der Waals surface area contributed by atoms with Crippen molar-refractivity contribution in [1.29, 1.82) is 0 Å². The molecule has 0 aliphatic rings. The van der Waals surface area contributed by atoms with E-state index in [9.17, 15) is 4.79 Å². The van der Waals surface area contributed by atoms with E-state index in [1.54, 1.807) is 22.5 Å². The highest BCUT2D eigenvalue weighted by Gasteiger charge is 2.15. The minimum atomic E-state index is -0.0791. The number of rotatable bonds is 5. The highest BCUT2D eigenvalue weighted by molar-refractivity contribution is 7.99. The Balaban J connectivity index is 1.77. The maximum atomic E-state index is 13.2. The molecule has 4 aromatic rings. The summed E-state index contributed by atoms with van der Waals surface area (Å²) in [6.45, 7) is 1.96. The van der Waals surface area contributed by atoms with Crippen LogP contribution < -0.4 is 5.56 Å². The Morgan fingerprint density at radius 1 is 0.963 bits per heavy atom. The molecule has 0 fully saturated rings. The number of nitrogens with zero attached hydrogens (tertiary/aromatic N) is 3. The van der Waals surface area contributed by atoms with Crippen molar-refractivity contribution in [1.82, 2.24) is 14.5 Å². The predicted molar refractivity (Wildman–Crippen MR) is 111 cm³/mol. The molecule has 27 heavy (non-hydrogen) atoms. The summed E-state index contributed by atoms with van der Waals surface area (Å²) in [5.74, 6) is 1.48. The predicted octanol–water partition coefficient (Wildman–Crippen LogP) is 4.42. The number of benzene rings is 2. The first-order valence-corrected chi connectivity index (χ1v) is 9.83. The molecule has 4 nitrogen and oxygen atoms in total. The molecule has 4 rings (SSSR count). The number of para-hydroxylation sites is 1. The summed E-state index contributed by atoms with van der Waals surface area (Å²) in [4.78, 5) is 22.4. The Bertz CT molecular complexity index is 1140. The van der Waals surface area contributed by atoms with E-state index in [-0.39, 0.29) is 5.56 Å². The van der Waals surface area contributed by atoms with Gasteiger partial charge in [-0.3, -0.25) is 4.79 Å². The summed E-state index contributed by atoms with van der Waals surface area (Å²) in [6.07, 6.45) is 2.62. The Hall–Kier alpha value is -2.92. The fourth-order valence-corrected chi connectivity index (χ4v) is 3.99. The number of pyridine rings is 1. The molecule has 0 saturated heterocycles. The monoisotopic (exact) mass is 373 g/mol. The van der Waals surface area contributed by atoms with Gasteiger partial charge in [0.15, 0.2) is 5.16 Å². The van der Waals surface area contributed by atoms with Crippen molar-refractivity contribution in [3.63, 3.8) is 0 Å². The minimum Gasteiger partial charge on any atom is -0.268 e. The molecule has 2 heterocycles. The van der Waals surface area contributed by atoms with Crippen LogP contribution in [0.15, 0.2) is 82.9 Å². The second kappa shape index (κ2) is 7.76. The molecule has 0 atom stereocenters. The normalized spacial score (nSPS) is 11.0. The topological polar surface area (TPSA) is 47.8 Å². The van der Waals surface area contributed by atoms with Gasteiger partial charge < -0.3 is 0 Å². The molecular weight excluding hydrogens is 354 g/mol. The standard InChI is InChI=1S/C22H19N3OS/c1-16-8-7-14-23-20(16)25-21(26)18-11-5-6-12-19(18)24-22(25)27-15-13-17-9-3-2-4-10-17/h2-12,14H,13,15H2,1H3. The van der Waals surface area contributed by atoms with Gasteiger partial charge in [0, 0.05) is 11.9 Å². The zero-order valence-corrected chi connectivity index (χ0v) is 15.8. The SMILES string of the molecule is Cc1cccnc1-n1c(SCCc2ccccc2)nc2ccccc2c1=O. The fourth-order valence-electron chi connectivity index (χ4n) is 3.01. The van der Waals surface area contributed by atoms with Gasteiger partial charge in [0.05, 0.1) is 10.9 Å². The molecule has 134 valence electrons. The lowest BCUT2D eigenvalue weighted by atomic mass is 10.2. The zero-order valence-electron chi connectivity index (χ0n) is 15.0. The molecule has 0 bridgehead atoms. The first kappa shape index (κ1) is 17.5. The van der Waals surface area contributed by atoms with Gasteiger partial charge in [-0.05, 0) is 42.7 Å². The van der Waals surface area contributed by atoms with Crippen molar-refractivity contribution in [2.75, 3.05) is 5.75 Å². The number of aryl methyl sites for hydroxylation is 2. The summed E-state index contributed by atoms with van der Waals surface area (Å²) < 4.78 is 1.65. The Labute approximate surface area is 161 Å². The number of hydrogen-bond donors (Lipinski definition) is 0. The second-order valence-electron chi connectivity index (χ2n) is 6.28. The van der Waals surface area contributed by atoms with E-state index in [1.165, 1.54) is 5.56 Å². The van der Waals surface area contributed by atoms with Crippen molar-refractivity contribution in [2.24, 2.45) is 0 Å². The molecular formula is C22H19N3OS. The highest BCUT2D eigenvalue weighted by atomic mass is 32.2. The third kappa shape index (κ3) is 3.64. The van der Waals surface area contributed by atoms with Crippen LogP contribution in [0.25, 0.3) is 16.7 Å². The van der Waals surface area contributed by atoms with Crippen LogP contribution in [0.4, 0.5) is 0 Å². The van der Waals surface area contributed by atoms with Crippen LogP contribution in [0, 0.1) is 6.92 Å². The molecule has 0 unspecified atom stereocenters. The number of fused-ring (bicyclic) bond motifs is 1. The summed E-state index contributed by atoms with van der Waals surface area (Å²) in [5.41, 5.74) is 2.86. The van der Waals surface area contributed by atoms with E-state index in [4.69, 9.17) is 4.98 Å². The van der Waals surface area contributed by atoms with Crippen LogP contribution in [0.1, 0.15) is 11.1 Å². The lowest BCUT2D eigenvalue weighted by molar-refractivity contribution is 0.789. The maximum absolute atomic E-state index is 13.2. The molecule has 0 amide bonds. The zero-order chi connectivity index (χ0) is 18.6. The van der Waals surface area contributed by atoms with Crippen LogP contribution in [0.2, 0.25) is 0 Å². The lowest BCUT2D eigenvalue weighted by Crippen LogP contribution is -2.23. The molecule has 0 saturated carbocycles. The van der Waals surface area contributed by atoms with Gasteiger partial charge in [0.25, 0.3) is 5.56 Å². The molecule has 0 aliphatic carbocycles. The van der Waals surface area contributed by atoms with Crippen LogP contribution in [0.5, 0.6) is 0 Å². The van der Waals surface area contributed by atoms with E-state index in [0.717, 1.165) is 23.3 Å². The van der Waals surface area contributed by atoms with Gasteiger partial charge in [-0.1, -0.05) is 60.3 Å². The largest absolute Gasteiger partial charge is 0.268 e. The van der Waals surface area contributed by atoms with Gasteiger partial charge in [-0.2, -0.15) is 0 Å². The van der Waals surface area contributed by atoms with Gasteiger partial charge in [0.2, 0.25) is 0 Å². The molecule has 0 spiro atoms. The summed E-state index contributed by atoms with van der Waals surface area (Å²) in [7, 11) is 0. The second-order valence-corrected chi connectivity index (χ2v) is 7.34. The van der Waals surface area contributed by atoms with Crippen LogP contribution in [-0.4, -0.2) is 20.3 Å². The smallest absolute Gasteiger partial charge is 0.267 e. The summed E-state index contributed by atoms with van der Waals surface area (Å²) >= 11 is 1.59. The van der Waals surface area contributed by atoms with Gasteiger partial charge in [-0.15, -0.1) is 0 Å². The van der Waals surface area contributed by atoms with Gasteiger partial charge in [0.1, 0.15) is 5.82 Å². The molecule has 0 aliphatic heterocycles. The molecule has 0 N–H and O–H groups in total. The molecule has 2 aromatic heterocycles. The van der Waals surface area contributed by atoms with E-state index >= 15 is 0 Å². The third-order valence-corrected chi connectivity index (χ3v) is 5.34. The van der Waals surface area contributed by atoms with E-state index in [2.05, 4.69) is 17.1 Å². The van der Waals surface area contributed by atoms with Crippen molar-refractivity contribution < 1.29 is 0 Å². The number of thioether (sulfide) groups is 1. The average Bonchev–Trinajstić information content (AvgIpc) is 2.70. The van der Waals surface area contributed by atoms with Gasteiger partial charge in [-0.25, -0.2) is 14.5 Å². The highest BCUT2D eigenvalue weighted by Crippen LogP contribution is 2.22. The molecule has 0 radical (unpaired) electrons. The fraction of sp³-hybridized carbons (Fsp3) is 0.136.